The largest absolute Gasteiger partial charge is 0.380 e. The molecule has 1 aliphatic heterocycles. The van der Waals surface area contributed by atoms with Gasteiger partial charge >= 0.3 is 0 Å². The molecular weight excluding hydrogens is 381 g/mol. The second-order valence-corrected chi connectivity index (χ2v) is 7.50. The summed E-state index contributed by atoms with van der Waals surface area (Å²) in [5, 5.41) is 0.599. The molecule has 3 aromatic rings. The Bertz CT molecular complexity index is 1040. The molecule has 2 fully saturated rings. The van der Waals surface area contributed by atoms with Crippen molar-refractivity contribution in [3.8, 4) is 11.3 Å². The van der Waals surface area contributed by atoms with Gasteiger partial charge < -0.3 is 15.5 Å². The lowest BCUT2D eigenvalue weighted by molar-refractivity contribution is -0.135. The van der Waals surface area contributed by atoms with Crippen LogP contribution in [-0.2, 0) is 9.53 Å². The number of carbonyl (C=O) groups excluding carboxylic acids is 1. The van der Waals surface area contributed by atoms with Crippen LogP contribution in [0.2, 0.25) is 0 Å². The Hall–Kier alpha value is -2.80. The number of nitrogens with one attached hydrogen (secondary N) is 1. The normalized spacial score (nSPS) is 16.7. The van der Waals surface area contributed by atoms with Crippen LogP contribution in [0.1, 0.15) is 30.7 Å². The van der Waals surface area contributed by atoms with Gasteiger partial charge in [-0.25, -0.2) is 13.2 Å². The van der Waals surface area contributed by atoms with Crippen LogP contribution in [0, 0.1) is 23.4 Å². The molecule has 5 rings (SSSR count). The maximum absolute atomic E-state index is 14.1. The molecule has 1 saturated carbocycles. The molecule has 0 spiro atoms. The smallest absolute Gasteiger partial charge is 0.225 e. The Morgan fingerprint density at radius 2 is 1.72 bits per heavy atom. The van der Waals surface area contributed by atoms with E-state index < -0.39 is 11.6 Å². The highest BCUT2D eigenvalue weighted by Gasteiger charge is 2.28. The monoisotopic (exact) mass is 402 g/mol. The molecule has 2 aromatic carbocycles. The number of hydrogen-bond acceptors (Lipinski definition) is 2. The molecule has 1 aromatic heterocycles. The number of fused-ring (bicyclic) bond motifs is 1. The lowest BCUT2D eigenvalue weighted by atomic mass is 9.78. The molecule has 0 atom stereocenters. The zero-order valence-electron chi connectivity index (χ0n) is 15.7. The minimum absolute atomic E-state index is 0.000000000000000222. The maximum Gasteiger partial charge on any atom is 0.225 e. The first kappa shape index (κ1) is 19.5. The number of amides is 1. The standard InChI is InChI=1S/C18H14F3N.C4H7NO2/c19-12-6-4-11(5-7-12)17-16(10-2-1-3-10)14-8-13(20)9-15(21)18(14)22-17;5-4(6)3-1-7-2-3/h4-10,22H,1-3H2;3H,1-2H2,(H2,5,6). The third-order valence-corrected chi connectivity index (χ3v) is 5.55. The summed E-state index contributed by atoms with van der Waals surface area (Å²) in [6.45, 7) is 1.05. The van der Waals surface area contributed by atoms with Crippen LogP contribution in [0.4, 0.5) is 13.2 Å². The molecule has 1 aliphatic carbocycles. The number of aromatic amines is 1. The molecule has 7 heteroatoms. The minimum Gasteiger partial charge on any atom is -0.380 e. The highest BCUT2D eigenvalue weighted by Crippen LogP contribution is 2.45. The second-order valence-electron chi connectivity index (χ2n) is 7.50. The average Bonchev–Trinajstić information content (AvgIpc) is 2.92. The van der Waals surface area contributed by atoms with E-state index in [1.165, 1.54) is 18.2 Å². The van der Waals surface area contributed by atoms with Crippen molar-refractivity contribution >= 4 is 16.8 Å². The molecule has 4 nitrogen and oxygen atoms in total. The quantitative estimate of drug-likeness (QED) is 0.670. The maximum atomic E-state index is 14.1. The van der Waals surface area contributed by atoms with E-state index >= 15 is 0 Å². The van der Waals surface area contributed by atoms with E-state index in [1.807, 2.05) is 0 Å². The molecule has 2 heterocycles. The summed E-state index contributed by atoms with van der Waals surface area (Å²) in [6, 6.07) is 8.35. The van der Waals surface area contributed by atoms with Crippen molar-refractivity contribution in [2.24, 2.45) is 11.7 Å². The molecular formula is C22H21F3N2O2. The topological polar surface area (TPSA) is 68.1 Å². The Balaban J connectivity index is 0.000000249. The van der Waals surface area contributed by atoms with Crippen LogP contribution >= 0.6 is 0 Å². The molecule has 1 saturated heterocycles. The van der Waals surface area contributed by atoms with E-state index in [0.717, 1.165) is 42.1 Å². The van der Waals surface area contributed by atoms with E-state index in [0.29, 0.717) is 30.0 Å². The van der Waals surface area contributed by atoms with Gasteiger partial charge in [-0.15, -0.1) is 0 Å². The van der Waals surface area contributed by atoms with Gasteiger partial charge in [0.1, 0.15) is 17.5 Å². The van der Waals surface area contributed by atoms with Crippen molar-refractivity contribution in [1.82, 2.24) is 4.98 Å². The number of nitrogens with two attached hydrogens (primary N) is 1. The van der Waals surface area contributed by atoms with Crippen LogP contribution < -0.4 is 5.73 Å². The van der Waals surface area contributed by atoms with Crippen LogP contribution in [0.3, 0.4) is 0 Å². The number of primary amides is 1. The first-order valence-electron chi connectivity index (χ1n) is 9.57. The van der Waals surface area contributed by atoms with Crippen molar-refractivity contribution in [3.05, 3.63) is 59.4 Å². The van der Waals surface area contributed by atoms with E-state index in [-0.39, 0.29) is 17.6 Å². The fourth-order valence-electron chi connectivity index (χ4n) is 3.61. The summed E-state index contributed by atoms with van der Waals surface area (Å²) >= 11 is 0. The highest BCUT2D eigenvalue weighted by atomic mass is 19.1. The lowest BCUT2D eigenvalue weighted by Gasteiger charge is -2.26. The molecule has 2 aliphatic rings. The fraction of sp³-hybridized carbons (Fsp3) is 0.318. The summed E-state index contributed by atoms with van der Waals surface area (Å²) in [5.74, 6) is -1.43. The number of ether oxygens (including phenoxy) is 1. The van der Waals surface area contributed by atoms with Gasteiger partial charge in [0.25, 0.3) is 0 Å². The Morgan fingerprint density at radius 3 is 2.21 bits per heavy atom. The average molecular weight is 402 g/mol. The first-order valence-corrected chi connectivity index (χ1v) is 9.57. The molecule has 0 unspecified atom stereocenters. The first-order chi connectivity index (χ1) is 13.9. The summed E-state index contributed by atoms with van der Waals surface area (Å²) in [4.78, 5) is 13.2. The number of aromatic nitrogens is 1. The summed E-state index contributed by atoms with van der Waals surface area (Å²) in [6.07, 6.45) is 3.15. The lowest BCUT2D eigenvalue weighted by Crippen LogP contribution is -2.38. The van der Waals surface area contributed by atoms with Gasteiger partial charge in [0.15, 0.2) is 0 Å². The van der Waals surface area contributed by atoms with E-state index in [4.69, 9.17) is 10.5 Å². The number of carbonyl (C=O) groups is 1. The molecule has 0 bridgehead atoms. The Labute approximate surface area is 165 Å². The number of halogens is 3. The Morgan fingerprint density at radius 1 is 1.03 bits per heavy atom. The molecule has 3 N–H and O–H groups in total. The van der Waals surface area contributed by atoms with Crippen LogP contribution in [-0.4, -0.2) is 24.1 Å². The molecule has 29 heavy (non-hydrogen) atoms. The van der Waals surface area contributed by atoms with Gasteiger partial charge in [-0.1, -0.05) is 6.42 Å². The predicted octanol–water partition coefficient (Wildman–Crippen LogP) is 4.64. The predicted molar refractivity (Wildman–Crippen MR) is 104 cm³/mol. The third-order valence-electron chi connectivity index (χ3n) is 5.55. The van der Waals surface area contributed by atoms with Crippen LogP contribution in [0.15, 0.2) is 36.4 Å². The number of H-pyrrole nitrogens is 1. The number of rotatable bonds is 3. The van der Waals surface area contributed by atoms with Crippen LogP contribution in [0.5, 0.6) is 0 Å². The van der Waals surface area contributed by atoms with Crippen molar-refractivity contribution in [3.63, 3.8) is 0 Å². The third kappa shape index (κ3) is 3.87. The molecule has 1 amide bonds. The summed E-state index contributed by atoms with van der Waals surface area (Å²) in [5.41, 5.74) is 7.71. The van der Waals surface area contributed by atoms with Gasteiger partial charge in [0.05, 0.1) is 30.3 Å². The van der Waals surface area contributed by atoms with Gasteiger partial charge in [-0.3, -0.25) is 4.79 Å². The molecule has 152 valence electrons. The van der Waals surface area contributed by atoms with Gasteiger partial charge in [0, 0.05) is 11.5 Å². The van der Waals surface area contributed by atoms with Crippen molar-refractivity contribution in [2.45, 2.75) is 25.2 Å². The summed E-state index contributed by atoms with van der Waals surface area (Å²) < 4.78 is 45.5. The zero-order chi connectivity index (χ0) is 20.5. The molecule has 0 radical (unpaired) electrons. The number of benzene rings is 2. The Kier molecular flexibility index (Phi) is 5.32. The zero-order valence-corrected chi connectivity index (χ0v) is 15.7. The van der Waals surface area contributed by atoms with Crippen molar-refractivity contribution < 1.29 is 22.7 Å². The summed E-state index contributed by atoms with van der Waals surface area (Å²) in [7, 11) is 0. The van der Waals surface area contributed by atoms with Crippen LogP contribution in [0.25, 0.3) is 22.2 Å². The van der Waals surface area contributed by atoms with Gasteiger partial charge in [0.2, 0.25) is 5.91 Å². The van der Waals surface area contributed by atoms with E-state index in [9.17, 15) is 18.0 Å². The van der Waals surface area contributed by atoms with E-state index in [2.05, 4.69) is 4.98 Å². The van der Waals surface area contributed by atoms with Crippen molar-refractivity contribution in [1.29, 1.82) is 0 Å². The second kappa shape index (κ2) is 7.91. The number of hydrogen-bond donors (Lipinski definition) is 2. The highest BCUT2D eigenvalue weighted by molar-refractivity contribution is 5.92. The van der Waals surface area contributed by atoms with Crippen molar-refractivity contribution in [2.75, 3.05) is 13.2 Å². The fourth-order valence-corrected chi connectivity index (χ4v) is 3.61. The van der Waals surface area contributed by atoms with Gasteiger partial charge in [-0.2, -0.15) is 0 Å². The minimum atomic E-state index is -0.594. The van der Waals surface area contributed by atoms with Gasteiger partial charge in [-0.05, 0) is 60.2 Å². The SMILES string of the molecule is Fc1ccc(-c2[nH]c3c(F)cc(F)cc3c2C2CCC2)cc1.NC(=O)C1COC1. The van der Waals surface area contributed by atoms with E-state index in [1.54, 1.807) is 12.1 Å².